The number of hydrogen-bond donors (Lipinski definition) is 2. The molecule has 0 fully saturated rings. The number of benzene rings is 1. The molecule has 0 saturated carbocycles. The molecule has 5 nitrogen and oxygen atoms in total. The fraction of sp³-hybridized carbons (Fsp3) is 0.0833. The SMILES string of the molecule is CNc1ccc(C(=O)Nc2ccc(Br)cc2F)nn1. The summed E-state index contributed by atoms with van der Waals surface area (Å²) in [6, 6.07) is 7.48. The van der Waals surface area contributed by atoms with Gasteiger partial charge in [-0.05, 0) is 30.3 Å². The molecule has 1 aromatic carbocycles. The molecular formula is C12H10BrFN4O. The third kappa shape index (κ3) is 3.25. The zero-order valence-corrected chi connectivity index (χ0v) is 11.5. The Hall–Kier alpha value is -2.02. The highest BCUT2D eigenvalue weighted by Gasteiger charge is 2.11. The van der Waals surface area contributed by atoms with Gasteiger partial charge in [-0.25, -0.2) is 4.39 Å². The van der Waals surface area contributed by atoms with Crippen LogP contribution in [0.25, 0.3) is 0 Å². The molecule has 1 heterocycles. The van der Waals surface area contributed by atoms with Crippen molar-refractivity contribution >= 4 is 33.3 Å². The fourth-order valence-electron chi connectivity index (χ4n) is 1.36. The van der Waals surface area contributed by atoms with E-state index in [1.54, 1.807) is 19.2 Å². The molecule has 0 unspecified atom stereocenters. The van der Waals surface area contributed by atoms with Crippen LogP contribution in [-0.4, -0.2) is 23.2 Å². The first-order valence-electron chi connectivity index (χ1n) is 5.38. The number of rotatable bonds is 3. The quantitative estimate of drug-likeness (QED) is 0.910. The molecule has 2 rings (SSSR count). The van der Waals surface area contributed by atoms with Gasteiger partial charge in [0, 0.05) is 11.5 Å². The van der Waals surface area contributed by atoms with Gasteiger partial charge in [-0.15, -0.1) is 10.2 Å². The number of nitrogens with zero attached hydrogens (tertiary/aromatic N) is 2. The fourth-order valence-corrected chi connectivity index (χ4v) is 1.70. The minimum atomic E-state index is -0.525. The normalized spacial score (nSPS) is 10.1. The summed E-state index contributed by atoms with van der Waals surface area (Å²) >= 11 is 3.14. The van der Waals surface area contributed by atoms with Gasteiger partial charge in [-0.1, -0.05) is 15.9 Å². The van der Waals surface area contributed by atoms with Crippen LogP contribution in [0.5, 0.6) is 0 Å². The van der Waals surface area contributed by atoms with Crippen molar-refractivity contribution in [2.75, 3.05) is 17.7 Å². The molecule has 0 spiro atoms. The Kier molecular flexibility index (Phi) is 4.06. The van der Waals surface area contributed by atoms with Crippen molar-refractivity contribution in [2.45, 2.75) is 0 Å². The highest BCUT2D eigenvalue weighted by atomic mass is 79.9. The second-order valence-electron chi connectivity index (χ2n) is 3.63. The van der Waals surface area contributed by atoms with Gasteiger partial charge < -0.3 is 10.6 Å². The number of carbonyl (C=O) groups is 1. The van der Waals surface area contributed by atoms with Gasteiger partial charge in [0.1, 0.15) is 11.6 Å². The molecule has 0 radical (unpaired) electrons. The van der Waals surface area contributed by atoms with Crippen molar-refractivity contribution < 1.29 is 9.18 Å². The third-order valence-corrected chi connectivity index (χ3v) is 2.83. The molecule has 0 aliphatic rings. The van der Waals surface area contributed by atoms with E-state index >= 15 is 0 Å². The first-order chi connectivity index (χ1) is 9.10. The van der Waals surface area contributed by atoms with Gasteiger partial charge in [0.15, 0.2) is 5.69 Å². The summed E-state index contributed by atoms with van der Waals surface area (Å²) in [5.74, 6) is -0.495. The van der Waals surface area contributed by atoms with Gasteiger partial charge in [0.2, 0.25) is 0 Å². The minimum absolute atomic E-state index is 0.0905. The number of nitrogens with one attached hydrogen (secondary N) is 2. The Morgan fingerprint density at radius 1 is 1.26 bits per heavy atom. The maximum Gasteiger partial charge on any atom is 0.276 e. The molecule has 0 aliphatic carbocycles. The summed E-state index contributed by atoms with van der Waals surface area (Å²) in [4.78, 5) is 11.8. The first kappa shape index (κ1) is 13.4. The molecule has 0 atom stereocenters. The van der Waals surface area contributed by atoms with Crippen LogP contribution in [-0.2, 0) is 0 Å². The first-order valence-corrected chi connectivity index (χ1v) is 6.17. The molecular weight excluding hydrogens is 315 g/mol. The van der Waals surface area contributed by atoms with Crippen LogP contribution in [0.2, 0.25) is 0 Å². The zero-order chi connectivity index (χ0) is 13.8. The lowest BCUT2D eigenvalue weighted by Gasteiger charge is -2.06. The monoisotopic (exact) mass is 324 g/mol. The van der Waals surface area contributed by atoms with Crippen LogP contribution in [0.15, 0.2) is 34.8 Å². The summed E-state index contributed by atoms with van der Waals surface area (Å²) in [5.41, 5.74) is 0.203. The van der Waals surface area contributed by atoms with Crippen molar-refractivity contribution in [1.29, 1.82) is 0 Å². The number of carbonyl (C=O) groups excluding carboxylic acids is 1. The molecule has 2 N–H and O–H groups in total. The van der Waals surface area contributed by atoms with E-state index in [1.165, 1.54) is 18.2 Å². The third-order valence-electron chi connectivity index (χ3n) is 2.33. The summed E-state index contributed by atoms with van der Waals surface area (Å²) in [7, 11) is 1.70. The van der Waals surface area contributed by atoms with Crippen LogP contribution in [0, 0.1) is 5.82 Å². The summed E-state index contributed by atoms with van der Waals surface area (Å²) in [6.45, 7) is 0. The smallest absolute Gasteiger partial charge is 0.276 e. The number of anilines is 2. The number of hydrogen-bond acceptors (Lipinski definition) is 4. The number of halogens is 2. The average Bonchev–Trinajstić information content (AvgIpc) is 2.42. The Labute approximate surface area is 117 Å². The Morgan fingerprint density at radius 3 is 2.63 bits per heavy atom. The van der Waals surface area contributed by atoms with E-state index in [0.29, 0.717) is 10.3 Å². The highest BCUT2D eigenvalue weighted by Crippen LogP contribution is 2.19. The van der Waals surface area contributed by atoms with Crippen molar-refractivity contribution in [3.05, 3.63) is 46.3 Å². The summed E-state index contributed by atoms with van der Waals surface area (Å²) in [5, 5.41) is 12.7. The number of amides is 1. The van der Waals surface area contributed by atoms with Crippen molar-refractivity contribution in [2.24, 2.45) is 0 Å². The minimum Gasteiger partial charge on any atom is -0.372 e. The molecule has 0 aliphatic heterocycles. The van der Waals surface area contributed by atoms with Gasteiger partial charge >= 0.3 is 0 Å². The van der Waals surface area contributed by atoms with E-state index in [4.69, 9.17) is 0 Å². The molecule has 0 bridgehead atoms. The van der Waals surface area contributed by atoms with E-state index in [9.17, 15) is 9.18 Å². The van der Waals surface area contributed by atoms with Crippen LogP contribution < -0.4 is 10.6 Å². The van der Waals surface area contributed by atoms with E-state index in [0.717, 1.165) is 0 Å². The second kappa shape index (κ2) is 5.75. The highest BCUT2D eigenvalue weighted by molar-refractivity contribution is 9.10. The Morgan fingerprint density at radius 2 is 2.05 bits per heavy atom. The van der Waals surface area contributed by atoms with E-state index < -0.39 is 11.7 Å². The molecule has 19 heavy (non-hydrogen) atoms. The number of aromatic nitrogens is 2. The van der Waals surface area contributed by atoms with Crippen LogP contribution in [0.3, 0.4) is 0 Å². The predicted octanol–water partition coefficient (Wildman–Crippen LogP) is 2.67. The topological polar surface area (TPSA) is 66.9 Å². The van der Waals surface area contributed by atoms with E-state index in [1.807, 2.05) is 0 Å². The van der Waals surface area contributed by atoms with Crippen LogP contribution >= 0.6 is 15.9 Å². The van der Waals surface area contributed by atoms with Gasteiger partial charge in [-0.3, -0.25) is 4.79 Å². The predicted molar refractivity (Wildman–Crippen MR) is 73.6 cm³/mol. The van der Waals surface area contributed by atoms with Crippen molar-refractivity contribution in [1.82, 2.24) is 10.2 Å². The second-order valence-corrected chi connectivity index (χ2v) is 4.55. The molecule has 1 amide bonds. The zero-order valence-electron chi connectivity index (χ0n) is 9.95. The molecule has 0 saturated heterocycles. The van der Waals surface area contributed by atoms with E-state index in [2.05, 4.69) is 36.8 Å². The Balaban J connectivity index is 2.15. The van der Waals surface area contributed by atoms with Crippen LogP contribution in [0.4, 0.5) is 15.9 Å². The van der Waals surface area contributed by atoms with Crippen LogP contribution in [0.1, 0.15) is 10.5 Å². The maximum absolute atomic E-state index is 13.6. The standard InChI is InChI=1S/C12H10BrFN4O/c1-15-11-5-4-10(17-18-11)12(19)16-9-3-2-7(13)6-8(9)14/h2-6H,1H3,(H,15,18)(H,16,19). The van der Waals surface area contributed by atoms with Gasteiger partial charge in [0.05, 0.1) is 5.69 Å². The van der Waals surface area contributed by atoms with E-state index in [-0.39, 0.29) is 11.4 Å². The summed E-state index contributed by atoms with van der Waals surface area (Å²) < 4.78 is 14.2. The largest absolute Gasteiger partial charge is 0.372 e. The molecule has 7 heteroatoms. The van der Waals surface area contributed by atoms with Gasteiger partial charge in [0.25, 0.3) is 5.91 Å². The molecule has 2 aromatic rings. The lowest BCUT2D eigenvalue weighted by Crippen LogP contribution is -2.15. The van der Waals surface area contributed by atoms with Gasteiger partial charge in [-0.2, -0.15) is 0 Å². The Bertz CT molecular complexity index is 603. The lowest BCUT2D eigenvalue weighted by atomic mass is 10.3. The molecule has 1 aromatic heterocycles. The maximum atomic E-state index is 13.6. The lowest BCUT2D eigenvalue weighted by molar-refractivity contribution is 0.102. The summed E-state index contributed by atoms with van der Waals surface area (Å²) in [6.07, 6.45) is 0. The van der Waals surface area contributed by atoms with Crippen molar-refractivity contribution in [3.8, 4) is 0 Å². The average molecular weight is 325 g/mol. The molecule has 98 valence electrons. The van der Waals surface area contributed by atoms with Crippen molar-refractivity contribution in [3.63, 3.8) is 0 Å².